The van der Waals surface area contributed by atoms with Crippen LogP contribution < -0.4 is 0 Å². The van der Waals surface area contributed by atoms with E-state index >= 15 is 0 Å². The second-order valence-electron chi connectivity index (χ2n) is 10.5. The first kappa shape index (κ1) is 28.5. The second kappa shape index (κ2) is 12.1. The number of rotatable bonds is 6. The van der Waals surface area contributed by atoms with Crippen molar-refractivity contribution in [3.8, 4) is 0 Å². The Bertz CT molecular complexity index is 674. The maximum atomic E-state index is 10.7. The fourth-order valence-corrected chi connectivity index (χ4v) is 5.35. The summed E-state index contributed by atoms with van der Waals surface area (Å²) >= 11 is 0. The number of hydrogen-bond acceptors (Lipinski definition) is 12. The van der Waals surface area contributed by atoms with Crippen molar-refractivity contribution >= 4 is 0 Å². The summed E-state index contributed by atoms with van der Waals surface area (Å²) in [6.45, 7) is 7.00. The van der Waals surface area contributed by atoms with Crippen molar-refractivity contribution in [2.45, 2.75) is 152 Å². The molecule has 4 saturated heterocycles. The van der Waals surface area contributed by atoms with Gasteiger partial charge in [0.05, 0.1) is 48.8 Å². The van der Waals surface area contributed by atoms with E-state index in [0.29, 0.717) is 12.8 Å². The molecule has 210 valence electrons. The van der Waals surface area contributed by atoms with Crippen molar-refractivity contribution in [1.82, 2.24) is 0 Å². The zero-order chi connectivity index (χ0) is 26.1. The lowest BCUT2D eigenvalue weighted by atomic mass is 10.00. The summed E-state index contributed by atoms with van der Waals surface area (Å²) in [5.74, 6) is 0. The number of hydrogen-bond donors (Lipinski definition) is 5. The Hall–Kier alpha value is -0.480. The van der Waals surface area contributed by atoms with Gasteiger partial charge in [0.25, 0.3) is 0 Å². The number of ether oxygens (including phenoxy) is 7. The highest BCUT2D eigenvalue weighted by Gasteiger charge is 2.44. The fraction of sp³-hybridized carbons (Fsp3) is 1.00. The van der Waals surface area contributed by atoms with Gasteiger partial charge in [-0.3, -0.25) is 0 Å². The van der Waals surface area contributed by atoms with Crippen LogP contribution in [0.3, 0.4) is 0 Å². The molecule has 0 bridgehead atoms. The van der Waals surface area contributed by atoms with Crippen LogP contribution in [-0.2, 0) is 33.2 Å². The molecule has 12 nitrogen and oxygen atoms in total. The zero-order valence-corrected chi connectivity index (χ0v) is 21.3. The quantitative estimate of drug-likeness (QED) is 0.304. The van der Waals surface area contributed by atoms with Crippen molar-refractivity contribution in [2.75, 3.05) is 0 Å². The van der Waals surface area contributed by atoms with Crippen molar-refractivity contribution in [3.05, 3.63) is 0 Å². The Morgan fingerprint density at radius 3 is 1.78 bits per heavy atom. The Morgan fingerprint density at radius 1 is 0.528 bits per heavy atom. The molecule has 0 aromatic rings. The lowest BCUT2D eigenvalue weighted by molar-refractivity contribution is -0.331. The summed E-state index contributed by atoms with van der Waals surface area (Å²) in [6.07, 6.45) is -8.56. The molecule has 5 N–H and O–H groups in total. The van der Waals surface area contributed by atoms with E-state index in [0.717, 1.165) is 0 Å². The van der Waals surface area contributed by atoms with Gasteiger partial charge < -0.3 is 58.7 Å². The topological polar surface area (TPSA) is 166 Å². The largest absolute Gasteiger partial charge is 0.390 e. The second-order valence-corrected chi connectivity index (χ2v) is 10.5. The minimum atomic E-state index is -1.04. The molecule has 0 aromatic carbocycles. The smallest absolute Gasteiger partial charge is 0.161 e. The van der Waals surface area contributed by atoms with E-state index in [1.54, 1.807) is 20.8 Å². The standard InChI is InChI=1S/C24H42O12/c1-10-16(34-20-8-14(25)22(28)11(2)32-20)5-6-19(31-10)35-17-9-21(33-12(3)23(17)29)36-24-13(4)30-18(27)7-15(24)26/h10-29H,5-9H2,1-4H3/t10-,11+,12+,13+,14+,15+,16-,17+,18+,19-,20-,21-,22+,23+,24+/m0/s1. The van der Waals surface area contributed by atoms with Gasteiger partial charge in [-0.15, -0.1) is 0 Å². The number of aliphatic hydroxyl groups excluding tert-OH is 5. The summed E-state index contributed by atoms with van der Waals surface area (Å²) in [5.41, 5.74) is 0. The Labute approximate surface area is 211 Å². The van der Waals surface area contributed by atoms with Crippen LogP contribution >= 0.6 is 0 Å². The van der Waals surface area contributed by atoms with Crippen molar-refractivity contribution in [2.24, 2.45) is 0 Å². The Morgan fingerprint density at radius 2 is 1.14 bits per heavy atom. The average Bonchev–Trinajstić information content (AvgIpc) is 2.79. The van der Waals surface area contributed by atoms with E-state index in [2.05, 4.69) is 0 Å². The van der Waals surface area contributed by atoms with E-state index in [1.807, 2.05) is 6.92 Å². The Balaban J connectivity index is 1.28. The van der Waals surface area contributed by atoms with Crippen LogP contribution in [0, 0.1) is 0 Å². The van der Waals surface area contributed by atoms with Gasteiger partial charge in [0.1, 0.15) is 18.3 Å². The van der Waals surface area contributed by atoms with Gasteiger partial charge in [-0.05, 0) is 34.1 Å². The molecule has 4 aliphatic rings. The molecule has 15 atom stereocenters. The predicted octanol–water partition coefficient (Wildman–Crippen LogP) is -0.492. The fourth-order valence-electron chi connectivity index (χ4n) is 5.35. The monoisotopic (exact) mass is 522 g/mol. The zero-order valence-electron chi connectivity index (χ0n) is 21.3. The Kier molecular flexibility index (Phi) is 9.62. The van der Waals surface area contributed by atoms with Crippen LogP contribution in [0.5, 0.6) is 0 Å². The van der Waals surface area contributed by atoms with E-state index in [4.69, 9.17) is 33.2 Å². The van der Waals surface area contributed by atoms with E-state index < -0.39 is 80.1 Å². The van der Waals surface area contributed by atoms with E-state index in [9.17, 15) is 25.5 Å². The van der Waals surface area contributed by atoms with Gasteiger partial charge in [0, 0.05) is 25.7 Å². The van der Waals surface area contributed by atoms with E-state index in [-0.39, 0.29) is 31.5 Å². The predicted molar refractivity (Wildman–Crippen MR) is 121 cm³/mol. The van der Waals surface area contributed by atoms with Crippen molar-refractivity contribution in [3.63, 3.8) is 0 Å². The van der Waals surface area contributed by atoms with Crippen LogP contribution in [0.15, 0.2) is 0 Å². The maximum Gasteiger partial charge on any atom is 0.161 e. The van der Waals surface area contributed by atoms with Crippen LogP contribution in [0.4, 0.5) is 0 Å². The van der Waals surface area contributed by atoms with Gasteiger partial charge in [-0.25, -0.2) is 0 Å². The molecule has 12 heteroatoms. The molecule has 0 unspecified atom stereocenters. The maximum absolute atomic E-state index is 10.7. The molecule has 36 heavy (non-hydrogen) atoms. The molecular weight excluding hydrogens is 480 g/mol. The lowest BCUT2D eigenvalue weighted by Crippen LogP contribution is -2.55. The third kappa shape index (κ3) is 6.74. The summed E-state index contributed by atoms with van der Waals surface area (Å²) in [5, 5.41) is 50.6. The molecule has 0 aliphatic carbocycles. The molecule has 0 spiro atoms. The average molecular weight is 523 g/mol. The molecule has 4 fully saturated rings. The highest BCUT2D eigenvalue weighted by molar-refractivity contribution is 4.87. The van der Waals surface area contributed by atoms with Crippen LogP contribution in [0.25, 0.3) is 0 Å². The molecule has 0 radical (unpaired) electrons. The van der Waals surface area contributed by atoms with Crippen molar-refractivity contribution in [1.29, 1.82) is 0 Å². The van der Waals surface area contributed by atoms with Crippen LogP contribution in [-0.4, -0.2) is 118 Å². The van der Waals surface area contributed by atoms with Crippen molar-refractivity contribution < 1.29 is 58.7 Å². The minimum Gasteiger partial charge on any atom is -0.390 e. The summed E-state index contributed by atoms with van der Waals surface area (Å²) in [7, 11) is 0. The van der Waals surface area contributed by atoms with Gasteiger partial charge in [-0.1, -0.05) is 0 Å². The normalized spacial score (nSPS) is 52.8. The van der Waals surface area contributed by atoms with Gasteiger partial charge in [-0.2, -0.15) is 0 Å². The van der Waals surface area contributed by atoms with Gasteiger partial charge >= 0.3 is 0 Å². The molecule has 0 amide bonds. The SMILES string of the molecule is C[C@@H]1O[C@@H](O[C@@H]2C[C@H](O[C@H]3[C@H](O)C[C@H](O)O[C@@H]3C)O[C@H](C)[C@H]2O)CC[C@@H]1O[C@H]1C[C@@H](O)[C@H](O)[C@@H](C)O1. The first-order valence-electron chi connectivity index (χ1n) is 13.0. The lowest BCUT2D eigenvalue weighted by Gasteiger charge is -2.44. The summed E-state index contributed by atoms with van der Waals surface area (Å²) in [6, 6.07) is 0. The van der Waals surface area contributed by atoms with E-state index in [1.165, 1.54) is 0 Å². The first-order chi connectivity index (χ1) is 17.0. The molecule has 4 rings (SSSR count). The molecule has 4 aliphatic heterocycles. The van der Waals surface area contributed by atoms with Crippen LogP contribution in [0.1, 0.15) is 59.8 Å². The highest BCUT2D eigenvalue weighted by atomic mass is 16.7. The molecule has 0 aromatic heterocycles. The third-order valence-corrected chi connectivity index (χ3v) is 7.52. The molecule has 4 heterocycles. The third-order valence-electron chi connectivity index (χ3n) is 7.52. The molecular formula is C24H42O12. The first-order valence-corrected chi connectivity index (χ1v) is 13.0. The number of aliphatic hydroxyl groups is 5. The summed E-state index contributed by atoms with van der Waals surface area (Å²) < 4.78 is 41.0. The van der Waals surface area contributed by atoms with Gasteiger partial charge in [0.2, 0.25) is 0 Å². The van der Waals surface area contributed by atoms with Gasteiger partial charge in [0.15, 0.2) is 25.2 Å². The summed E-state index contributed by atoms with van der Waals surface area (Å²) in [4.78, 5) is 0. The van der Waals surface area contributed by atoms with Crippen LogP contribution in [0.2, 0.25) is 0 Å². The molecule has 0 saturated carbocycles. The minimum absolute atomic E-state index is 0.0429. The highest BCUT2D eigenvalue weighted by Crippen LogP contribution is 2.33.